The molecular formula is H16Ge6Si. The largest absolute Gasteiger partial charge is 0.0125 e. The van der Waals surface area contributed by atoms with E-state index in [1.165, 1.54) is 0 Å². The molecule has 0 nitrogen and oxygen atoms in total. The Hall–Kier alpha value is 3.47. The van der Waals surface area contributed by atoms with Crippen LogP contribution in [-0.4, -0.2) is 117 Å². The van der Waals surface area contributed by atoms with E-state index in [1.54, 1.807) is 0 Å². The van der Waals surface area contributed by atoms with Gasteiger partial charge in [-0.1, -0.05) is 0 Å². The molecule has 0 aliphatic rings. The van der Waals surface area contributed by atoms with Crippen molar-refractivity contribution in [2.24, 2.45) is 0 Å². The van der Waals surface area contributed by atoms with E-state index in [2.05, 4.69) is 0 Å². The van der Waals surface area contributed by atoms with Crippen LogP contribution < -0.4 is 0 Å². The molecule has 44 valence electrons. The van der Waals surface area contributed by atoms with Gasteiger partial charge in [0.15, 0.2) is 0 Å². The van der Waals surface area contributed by atoms with Crippen LogP contribution >= 0.6 is 0 Å². The van der Waals surface area contributed by atoms with E-state index in [9.17, 15) is 0 Å². The Labute approximate surface area is 115 Å². The Morgan fingerprint density at radius 2 is 0.429 bits per heavy atom. The fraction of sp³-hybridized carbons (Fsp3) is 0. The second kappa shape index (κ2) is 56.4. The first-order valence-corrected chi connectivity index (χ1v) is 0. The molecule has 0 bridgehead atoms. The Balaban J connectivity index is 0. The van der Waals surface area contributed by atoms with Crippen molar-refractivity contribution >= 4 is 117 Å². The van der Waals surface area contributed by atoms with Gasteiger partial charge in [-0.15, -0.1) is 0 Å². The molecule has 0 aromatic rings. The third-order valence-electron chi connectivity index (χ3n) is 0. The van der Waals surface area contributed by atoms with Gasteiger partial charge in [-0.3, -0.25) is 0 Å². The molecule has 12 radical (unpaired) electrons. The standard InChI is InChI=1S/GeH3.5GeH2.H3Si/h1H3;5*1H2;1H3. The number of hydrogen-bond donors (Lipinski definition) is 0. The third-order valence-corrected chi connectivity index (χ3v) is 0. The van der Waals surface area contributed by atoms with Gasteiger partial charge >= 0.3 is 106 Å². The predicted octanol–water partition coefficient (Wildman–Crippen LogP) is -6.95. The van der Waals surface area contributed by atoms with E-state index in [1.807, 2.05) is 0 Å². The van der Waals surface area contributed by atoms with E-state index >= 15 is 0 Å². The van der Waals surface area contributed by atoms with Gasteiger partial charge in [0, 0.05) is 0 Å². The minimum absolute atomic E-state index is 0. The van der Waals surface area contributed by atoms with Crippen LogP contribution in [0.5, 0.6) is 0 Å². The van der Waals surface area contributed by atoms with Crippen LogP contribution in [0.2, 0.25) is 0 Å². The molecule has 0 rings (SSSR count). The van der Waals surface area contributed by atoms with Crippen molar-refractivity contribution in [3.05, 3.63) is 0 Å². The molecular weight excluding hydrogens is 464 g/mol. The fourth-order valence-electron chi connectivity index (χ4n) is 0. The van der Waals surface area contributed by atoms with Crippen molar-refractivity contribution in [1.82, 2.24) is 0 Å². The van der Waals surface area contributed by atoms with Gasteiger partial charge in [-0.2, -0.15) is 0 Å². The zero-order valence-corrected chi connectivity index (χ0v) is 26.6. The Bertz CT molecular complexity index is 4.14. The second-order valence-electron chi connectivity index (χ2n) is 0. The minimum Gasteiger partial charge on any atom is -0.0125 e. The molecule has 0 saturated carbocycles. The number of rotatable bonds is 0. The van der Waals surface area contributed by atoms with Crippen LogP contribution in [0.15, 0.2) is 0 Å². The Morgan fingerprint density at radius 1 is 0.429 bits per heavy atom. The SMILES string of the molecule is [GeH2].[GeH2].[GeH2].[GeH2].[GeH2].[GeH3].[SiH3]. The van der Waals surface area contributed by atoms with Gasteiger partial charge in [-0.05, 0) is 11.0 Å². The third kappa shape index (κ3) is 43.9. The molecule has 0 N–H and O–H groups in total. The van der Waals surface area contributed by atoms with Crippen molar-refractivity contribution in [2.75, 3.05) is 0 Å². The van der Waals surface area contributed by atoms with Gasteiger partial charge in [0.05, 0.1) is 0 Å². The van der Waals surface area contributed by atoms with Crippen LogP contribution in [0.25, 0.3) is 0 Å². The van der Waals surface area contributed by atoms with Crippen molar-refractivity contribution in [2.45, 2.75) is 0 Å². The molecule has 0 aliphatic heterocycles. The van der Waals surface area contributed by atoms with Crippen molar-refractivity contribution in [1.29, 1.82) is 0 Å². The summed E-state index contributed by atoms with van der Waals surface area (Å²) in [5, 5.41) is 0. The quantitative estimate of drug-likeness (QED) is 0.303. The van der Waals surface area contributed by atoms with Gasteiger partial charge in [-0.25, -0.2) is 0 Å². The van der Waals surface area contributed by atoms with Crippen LogP contribution in [0.1, 0.15) is 0 Å². The van der Waals surface area contributed by atoms with Crippen molar-refractivity contribution in [3.63, 3.8) is 0 Å². The van der Waals surface area contributed by atoms with E-state index in [0.29, 0.717) is 0 Å². The van der Waals surface area contributed by atoms with Gasteiger partial charge in [0.25, 0.3) is 0 Å². The van der Waals surface area contributed by atoms with Crippen LogP contribution in [-0.2, 0) is 0 Å². The second-order valence-corrected chi connectivity index (χ2v) is 0. The molecule has 0 fully saturated rings. The monoisotopic (exact) mass is 488 g/mol. The molecule has 0 unspecified atom stereocenters. The molecule has 0 aromatic carbocycles. The van der Waals surface area contributed by atoms with E-state index in [-0.39, 0.29) is 117 Å². The maximum atomic E-state index is 0. The summed E-state index contributed by atoms with van der Waals surface area (Å²) in [6.45, 7) is 0. The summed E-state index contributed by atoms with van der Waals surface area (Å²) < 4.78 is 0. The molecule has 7 heavy (non-hydrogen) atoms. The van der Waals surface area contributed by atoms with E-state index < -0.39 is 0 Å². The molecule has 0 atom stereocenters. The average Bonchev–Trinajstić information content (AvgIpc) is 0. The molecule has 7 heteroatoms. The fourth-order valence-corrected chi connectivity index (χ4v) is 0. The summed E-state index contributed by atoms with van der Waals surface area (Å²) >= 11 is 0. The predicted molar refractivity (Wildman–Crippen MR) is 62.6 cm³/mol. The summed E-state index contributed by atoms with van der Waals surface area (Å²) in [7, 11) is 0. The summed E-state index contributed by atoms with van der Waals surface area (Å²) in [4.78, 5) is 0. The summed E-state index contributed by atoms with van der Waals surface area (Å²) in [6.07, 6.45) is 0. The Kier molecular flexibility index (Phi) is 627. The first kappa shape index (κ1) is 77.9. The summed E-state index contributed by atoms with van der Waals surface area (Å²) in [6, 6.07) is 0. The molecule has 0 amide bonds. The zero-order valence-electron chi connectivity index (χ0n) is 5.54. The maximum absolute atomic E-state index is 0. The number of hydrogen-bond acceptors (Lipinski definition) is 0. The van der Waals surface area contributed by atoms with Crippen LogP contribution in [0, 0.1) is 0 Å². The molecule has 0 saturated heterocycles. The van der Waals surface area contributed by atoms with Crippen molar-refractivity contribution in [3.8, 4) is 0 Å². The first-order valence-electron chi connectivity index (χ1n) is 0. The molecule has 0 heterocycles. The van der Waals surface area contributed by atoms with Gasteiger partial charge in [0.1, 0.15) is 0 Å². The van der Waals surface area contributed by atoms with E-state index in [4.69, 9.17) is 0 Å². The smallest absolute Gasteiger partial charge is 0.0125 e. The maximum Gasteiger partial charge on any atom is -0.0125 e. The first-order chi connectivity index (χ1) is 0. The van der Waals surface area contributed by atoms with Crippen molar-refractivity contribution < 1.29 is 0 Å². The van der Waals surface area contributed by atoms with Gasteiger partial charge < -0.3 is 0 Å². The Morgan fingerprint density at radius 3 is 0.429 bits per heavy atom. The topological polar surface area (TPSA) is 0 Å². The summed E-state index contributed by atoms with van der Waals surface area (Å²) in [5.74, 6) is 0. The molecule has 0 aliphatic carbocycles. The molecule has 0 aromatic heterocycles. The minimum atomic E-state index is 0. The zero-order chi connectivity index (χ0) is 0. The summed E-state index contributed by atoms with van der Waals surface area (Å²) in [5.41, 5.74) is 0. The van der Waals surface area contributed by atoms with Gasteiger partial charge in [0.2, 0.25) is 0 Å². The normalized spacial score (nSPS) is 0. The molecule has 0 spiro atoms. The van der Waals surface area contributed by atoms with Crippen LogP contribution in [0.3, 0.4) is 0 Å². The van der Waals surface area contributed by atoms with E-state index in [0.717, 1.165) is 0 Å². The van der Waals surface area contributed by atoms with Crippen LogP contribution in [0.4, 0.5) is 0 Å². The average molecular weight is 480 g/mol.